The van der Waals surface area contributed by atoms with E-state index in [0.717, 1.165) is 11.5 Å². The molecular weight excluding hydrogens is 304 g/mol. The van der Waals surface area contributed by atoms with Crippen LogP contribution in [-0.4, -0.2) is 5.11 Å². The first-order valence-corrected chi connectivity index (χ1v) is 9.85. The molecular formula is C24H30O. The van der Waals surface area contributed by atoms with Gasteiger partial charge in [0.2, 0.25) is 0 Å². The van der Waals surface area contributed by atoms with Crippen LogP contribution in [0.5, 0.6) is 5.75 Å². The van der Waals surface area contributed by atoms with Crippen LogP contribution in [0.4, 0.5) is 0 Å². The molecule has 2 aromatic carbocycles. The summed E-state index contributed by atoms with van der Waals surface area (Å²) in [5.41, 5.74) is 5.23. The van der Waals surface area contributed by atoms with E-state index in [0.29, 0.717) is 5.75 Å². The van der Waals surface area contributed by atoms with Gasteiger partial charge in [-0.25, -0.2) is 0 Å². The van der Waals surface area contributed by atoms with Crippen LogP contribution in [0.1, 0.15) is 63.9 Å². The van der Waals surface area contributed by atoms with Gasteiger partial charge in [0.15, 0.2) is 0 Å². The van der Waals surface area contributed by atoms with E-state index in [1.54, 1.807) is 12.1 Å². The Labute approximate surface area is 152 Å². The summed E-state index contributed by atoms with van der Waals surface area (Å²) in [6, 6.07) is 16.3. The van der Waals surface area contributed by atoms with E-state index < -0.39 is 0 Å². The van der Waals surface area contributed by atoms with Gasteiger partial charge in [0.25, 0.3) is 0 Å². The SMILES string of the molecule is CCCCCCC1CC=C(c2ccc(-c3ccc(O)cc3)cc2)CC1. The summed E-state index contributed by atoms with van der Waals surface area (Å²) in [5.74, 6) is 1.22. The van der Waals surface area contributed by atoms with Gasteiger partial charge in [-0.2, -0.15) is 0 Å². The Balaban J connectivity index is 1.57. The molecule has 0 aromatic heterocycles. The van der Waals surface area contributed by atoms with Crippen LogP contribution in [0.2, 0.25) is 0 Å². The highest BCUT2D eigenvalue weighted by Crippen LogP contribution is 2.33. The quantitative estimate of drug-likeness (QED) is 0.530. The predicted molar refractivity (Wildman–Crippen MR) is 108 cm³/mol. The first-order valence-electron chi connectivity index (χ1n) is 9.85. The molecule has 25 heavy (non-hydrogen) atoms. The zero-order chi connectivity index (χ0) is 17.5. The Morgan fingerprint density at radius 1 is 0.840 bits per heavy atom. The number of benzene rings is 2. The number of phenols is 1. The minimum atomic E-state index is 0.317. The number of hydrogen-bond donors (Lipinski definition) is 1. The van der Waals surface area contributed by atoms with Crippen LogP contribution in [0.3, 0.4) is 0 Å². The minimum Gasteiger partial charge on any atom is -0.508 e. The third-order valence-electron chi connectivity index (χ3n) is 5.44. The first-order chi connectivity index (χ1) is 12.3. The number of phenolic OH excluding ortho intramolecular Hbond substituents is 1. The highest BCUT2D eigenvalue weighted by Gasteiger charge is 2.15. The van der Waals surface area contributed by atoms with Gasteiger partial charge in [0, 0.05) is 0 Å². The van der Waals surface area contributed by atoms with E-state index in [9.17, 15) is 5.11 Å². The van der Waals surface area contributed by atoms with Crippen molar-refractivity contribution in [1.29, 1.82) is 0 Å². The summed E-state index contributed by atoms with van der Waals surface area (Å²) in [6.07, 6.45) is 13.2. The summed E-state index contributed by atoms with van der Waals surface area (Å²) in [5, 5.41) is 9.41. The maximum Gasteiger partial charge on any atom is 0.115 e. The van der Waals surface area contributed by atoms with Crippen molar-refractivity contribution >= 4 is 5.57 Å². The lowest BCUT2D eigenvalue weighted by Crippen LogP contribution is -2.05. The number of rotatable bonds is 7. The zero-order valence-corrected chi connectivity index (χ0v) is 15.4. The molecule has 3 rings (SSSR count). The molecule has 2 aromatic rings. The summed E-state index contributed by atoms with van der Waals surface area (Å²) < 4.78 is 0. The van der Waals surface area contributed by atoms with Gasteiger partial charge in [-0.3, -0.25) is 0 Å². The molecule has 1 aliphatic carbocycles. The summed E-state index contributed by atoms with van der Waals surface area (Å²) >= 11 is 0. The van der Waals surface area contributed by atoms with E-state index in [4.69, 9.17) is 0 Å². The number of unbranched alkanes of at least 4 members (excludes halogenated alkanes) is 3. The van der Waals surface area contributed by atoms with E-state index in [-0.39, 0.29) is 0 Å². The second kappa shape index (κ2) is 8.89. The highest BCUT2D eigenvalue weighted by atomic mass is 16.3. The van der Waals surface area contributed by atoms with Crippen molar-refractivity contribution in [2.45, 2.75) is 58.3 Å². The molecule has 1 heteroatoms. The van der Waals surface area contributed by atoms with E-state index in [2.05, 4.69) is 37.3 Å². The fraction of sp³-hybridized carbons (Fsp3) is 0.417. The molecule has 1 N–H and O–H groups in total. The van der Waals surface area contributed by atoms with E-state index >= 15 is 0 Å². The topological polar surface area (TPSA) is 20.2 Å². The van der Waals surface area contributed by atoms with Crippen LogP contribution in [0.15, 0.2) is 54.6 Å². The average molecular weight is 335 g/mol. The first kappa shape index (κ1) is 17.8. The van der Waals surface area contributed by atoms with Crippen molar-refractivity contribution in [1.82, 2.24) is 0 Å². The lowest BCUT2D eigenvalue weighted by molar-refractivity contribution is 0.425. The maximum absolute atomic E-state index is 9.41. The molecule has 0 saturated carbocycles. The summed E-state index contributed by atoms with van der Waals surface area (Å²) in [6.45, 7) is 2.28. The Morgan fingerprint density at radius 3 is 2.08 bits per heavy atom. The largest absolute Gasteiger partial charge is 0.508 e. The molecule has 0 aliphatic heterocycles. The summed E-state index contributed by atoms with van der Waals surface area (Å²) in [4.78, 5) is 0. The molecule has 0 heterocycles. The Morgan fingerprint density at radius 2 is 1.48 bits per heavy atom. The van der Waals surface area contributed by atoms with Crippen molar-refractivity contribution in [3.8, 4) is 16.9 Å². The monoisotopic (exact) mass is 334 g/mol. The maximum atomic E-state index is 9.41. The van der Waals surface area contributed by atoms with Gasteiger partial charge in [0.1, 0.15) is 5.75 Å². The fourth-order valence-electron chi connectivity index (χ4n) is 3.80. The third kappa shape index (κ3) is 4.98. The molecule has 1 aliphatic rings. The molecule has 1 atom stereocenters. The van der Waals surface area contributed by atoms with Gasteiger partial charge in [0.05, 0.1) is 0 Å². The lowest BCUT2D eigenvalue weighted by atomic mass is 9.83. The van der Waals surface area contributed by atoms with Crippen LogP contribution in [0.25, 0.3) is 16.7 Å². The minimum absolute atomic E-state index is 0.317. The fourth-order valence-corrected chi connectivity index (χ4v) is 3.80. The van der Waals surface area contributed by atoms with Gasteiger partial charge < -0.3 is 5.11 Å². The molecule has 0 amide bonds. The molecule has 1 unspecified atom stereocenters. The van der Waals surface area contributed by atoms with Crippen LogP contribution in [0, 0.1) is 5.92 Å². The number of aromatic hydroxyl groups is 1. The van der Waals surface area contributed by atoms with Gasteiger partial charge in [-0.05, 0) is 59.6 Å². The van der Waals surface area contributed by atoms with Crippen molar-refractivity contribution in [2.24, 2.45) is 5.92 Å². The number of hydrogen-bond acceptors (Lipinski definition) is 1. The Hall–Kier alpha value is -2.02. The zero-order valence-electron chi connectivity index (χ0n) is 15.4. The van der Waals surface area contributed by atoms with Crippen LogP contribution >= 0.6 is 0 Å². The Bertz CT molecular complexity index is 679. The molecule has 0 bridgehead atoms. The number of allylic oxidation sites excluding steroid dienone is 2. The Kier molecular flexibility index (Phi) is 6.33. The molecule has 0 saturated heterocycles. The normalized spacial score (nSPS) is 17.3. The molecule has 0 spiro atoms. The van der Waals surface area contributed by atoms with E-state index in [1.807, 2.05) is 12.1 Å². The second-order valence-corrected chi connectivity index (χ2v) is 7.34. The highest BCUT2D eigenvalue weighted by molar-refractivity contribution is 5.71. The van der Waals surface area contributed by atoms with Crippen molar-refractivity contribution in [2.75, 3.05) is 0 Å². The predicted octanol–water partition coefficient (Wildman–Crippen LogP) is 7.21. The van der Waals surface area contributed by atoms with Gasteiger partial charge in [-0.15, -0.1) is 0 Å². The lowest BCUT2D eigenvalue weighted by Gasteiger charge is -2.22. The third-order valence-corrected chi connectivity index (χ3v) is 5.44. The standard InChI is InChI=1S/C24H30O/c1-2-3-4-5-6-19-7-9-20(10-8-19)21-11-13-22(14-12-21)23-15-17-24(25)18-16-23/h9,11-19,25H,2-8,10H2,1H3. The molecule has 0 radical (unpaired) electrons. The molecule has 132 valence electrons. The smallest absolute Gasteiger partial charge is 0.115 e. The second-order valence-electron chi connectivity index (χ2n) is 7.34. The van der Waals surface area contributed by atoms with Gasteiger partial charge in [-0.1, -0.05) is 81.5 Å². The van der Waals surface area contributed by atoms with E-state index in [1.165, 1.54) is 68.1 Å². The van der Waals surface area contributed by atoms with Crippen molar-refractivity contribution in [3.05, 3.63) is 60.2 Å². The van der Waals surface area contributed by atoms with Crippen molar-refractivity contribution in [3.63, 3.8) is 0 Å². The van der Waals surface area contributed by atoms with Crippen LogP contribution in [-0.2, 0) is 0 Å². The summed E-state index contributed by atoms with van der Waals surface area (Å²) in [7, 11) is 0. The van der Waals surface area contributed by atoms with Crippen LogP contribution < -0.4 is 0 Å². The van der Waals surface area contributed by atoms with Gasteiger partial charge >= 0.3 is 0 Å². The molecule has 0 fully saturated rings. The average Bonchev–Trinajstić information content (AvgIpc) is 2.67. The van der Waals surface area contributed by atoms with Crippen molar-refractivity contribution < 1.29 is 5.11 Å². The molecule has 1 nitrogen and oxygen atoms in total.